The summed E-state index contributed by atoms with van der Waals surface area (Å²) in [6, 6.07) is 4.35. The Morgan fingerprint density at radius 3 is 1.76 bits per heavy atom. The van der Waals surface area contributed by atoms with Gasteiger partial charge in [-0.05, 0) is 56.7 Å². The second-order valence-corrected chi connectivity index (χ2v) is 12.1. The van der Waals surface area contributed by atoms with Gasteiger partial charge in [0, 0.05) is 0 Å². The number of hydrogen-bond donors (Lipinski definition) is 1. The van der Waals surface area contributed by atoms with Crippen LogP contribution in [0.2, 0.25) is 0 Å². The van der Waals surface area contributed by atoms with E-state index in [0.717, 1.165) is 12.8 Å². The van der Waals surface area contributed by atoms with Crippen LogP contribution < -0.4 is 15.2 Å². The molecule has 0 bridgehead atoms. The predicted molar refractivity (Wildman–Crippen MR) is 154 cm³/mol. The van der Waals surface area contributed by atoms with Crippen molar-refractivity contribution in [3.8, 4) is 11.5 Å². The summed E-state index contributed by atoms with van der Waals surface area (Å²) in [5, 5.41) is 0. The molecule has 10 nitrogen and oxygen atoms in total. The number of carbonyl (C=O) groups excluding carboxylic acids is 4. The highest BCUT2D eigenvalue weighted by molar-refractivity contribution is 5.83. The van der Waals surface area contributed by atoms with Crippen LogP contribution in [-0.2, 0) is 34.1 Å². The van der Waals surface area contributed by atoms with Gasteiger partial charge in [-0.15, -0.1) is 0 Å². The molecule has 0 aliphatic rings. The first-order valence-corrected chi connectivity index (χ1v) is 14.3. The Morgan fingerprint density at radius 1 is 0.780 bits per heavy atom. The van der Waals surface area contributed by atoms with E-state index in [1.807, 2.05) is 34.6 Å². The Labute approximate surface area is 244 Å². The van der Waals surface area contributed by atoms with Crippen molar-refractivity contribution < 1.29 is 42.9 Å². The molecule has 0 amide bonds. The molecule has 2 unspecified atom stereocenters. The molecular weight excluding hydrogens is 530 g/mol. The average molecular weight is 580 g/mol. The van der Waals surface area contributed by atoms with E-state index < -0.39 is 47.7 Å². The van der Waals surface area contributed by atoms with Gasteiger partial charge in [-0.2, -0.15) is 0 Å². The van der Waals surface area contributed by atoms with Gasteiger partial charge in [-0.3, -0.25) is 9.59 Å². The van der Waals surface area contributed by atoms with Crippen LogP contribution in [0.5, 0.6) is 11.5 Å². The first kappa shape index (κ1) is 35.9. The molecule has 5 atom stereocenters. The quantitative estimate of drug-likeness (QED) is 0.204. The molecular formula is C31H49NO9. The second kappa shape index (κ2) is 15.7. The van der Waals surface area contributed by atoms with Gasteiger partial charge in [-0.1, -0.05) is 67.4 Å². The van der Waals surface area contributed by atoms with Crippen LogP contribution in [0.1, 0.15) is 100 Å². The Kier molecular flexibility index (Phi) is 13.8. The van der Waals surface area contributed by atoms with E-state index in [-0.39, 0.29) is 35.0 Å². The summed E-state index contributed by atoms with van der Waals surface area (Å²) in [7, 11) is 0. The van der Waals surface area contributed by atoms with Gasteiger partial charge in [0.15, 0.2) is 11.5 Å². The number of hydrogen-bond acceptors (Lipinski definition) is 10. The van der Waals surface area contributed by atoms with Crippen LogP contribution in [0.3, 0.4) is 0 Å². The van der Waals surface area contributed by atoms with Gasteiger partial charge in [0.2, 0.25) is 0 Å². The molecule has 0 spiro atoms. The average Bonchev–Trinajstić information content (AvgIpc) is 2.87. The third kappa shape index (κ3) is 11.7. The summed E-state index contributed by atoms with van der Waals surface area (Å²) >= 11 is 0. The Balaban J connectivity index is 3.15. The highest BCUT2D eigenvalue weighted by Crippen LogP contribution is 2.34. The van der Waals surface area contributed by atoms with E-state index in [1.54, 1.807) is 27.7 Å². The molecule has 1 aromatic carbocycles. The monoisotopic (exact) mass is 579 g/mol. The molecule has 0 radical (unpaired) electrons. The lowest BCUT2D eigenvalue weighted by molar-refractivity contribution is -0.160. The minimum Gasteiger partial charge on any atom is -0.457 e. The summed E-state index contributed by atoms with van der Waals surface area (Å²) in [6.07, 6.45) is 0.317. The Morgan fingerprint density at radius 2 is 1.27 bits per heavy atom. The van der Waals surface area contributed by atoms with E-state index in [9.17, 15) is 19.2 Å². The largest absolute Gasteiger partial charge is 0.508 e. The SMILES string of the molecule is CCCC(C)C(=O)Oc1ccc([C@](C)(N)C(=O)O[C@@H](C)[C@H](C)OC(=O)OCC(C)(C)C)cc1OC(=O)C(C)CCC. The molecule has 0 saturated carbocycles. The van der Waals surface area contributed by atoms with Crippen molar-refractivity contribution in [2.75, 3.05) is 6.61 Å². The van der Waals surface area contributed by atoms with E-state index in [1.165, 1.54) is 25.1 Å². The van der Waals surface area contributed by atoms with Crippen molar-refractivity contribution in [1.82, 2.24) is 0 Å². The number of esters is 3. The van der Waals surface area contributed by atoms with Crippen molar-refractivity contribution in [1.29, 1.82) is 0 Å². The molecule has 0 saturated heterocycles. The maximum absolute atomic E-state index is 13.2. The van der Waals surface area contributed by atoms with Crippen LogP contribution in [0, 0.1) is 17.3 Å². The molecule has 232 valence electrons. The molecule has 1 aromatic rings. The lowest BCUT2D eigenvalue weighted by Gasteiger charge is -2.28. The van der Waals surface area contributed by atoms with Crippen molar-refractivity contribution in [2.24, 2.45) is 23.0 Å². The lowest BCUT2D eigenvalue weighted by Crippen LogP contribution is -2.46. The standard InChI is InChI=1S/C31H49NO9/c1-11-13-19(3)26(33)40-24-16-15-23(17-25(24)41-27(34)20(4)14-12-2)31(10,32)28(35)38-21(5)22(6)39-29(36)37-18-30(7,8)9/h15-17,19-22H,11-14,18,32H2,1-10H3/t19?,20?,21-,22-,31-/m0/s1. The first-order chi connectivity index (χ1) is 18.9. The minimum atomic E-state index is -1.69. The van der Waals surface area contributed by atoms with E-state index in [2.05, 4.69) is 0 Å². The van der Waals surface area contributed by atoms with Gasteiger partial charge in [0.25, 0.3) is 0 Å². The normalized spacial score (nSPS) is 15.9. The van der Waals surface area contributed by atoms with E-state index in [0.29, 0.717) is 12.8 Å². The molecule has 0 aliphatic heterocycles. The van der Waals surface area contributed by atoms with Crippen molar-refractivity contribution in [3.05, 3.63) is 23.8 Å². The fraction of sp³-hybridized carbons (Fsp3) is 0.677. The fourth-order valence-electron chi connectivity index (χ4n) is 3.58. The topological polar surface area (TPSA) is 140 Å². The Bertz CT molecular complexity index is 1040. The zero-order valence-electron chi connectivity index (χ0n) is 26.3. The molecule has 0 aromatic heterocycles. The van der Waals surface area contributed by atoms with Gasteiger partial charge in [0.05, 0.1) is 18.4 Å². The van der Waals surface area contributed by atoms with Crippen LogP contribution in [0.25, 0.3) is 0 Å². The Hall–Kier alpha value is -3.14. The third-order valence-electron chi connectivity index (χ3n) is 6.50. The van der Waals surface area contributed by atoms with E-state index in [4.69, 9.17) is 29.4 Å². The van der Waals surface area contributed by atoms with Crippen LogP contribution in [0.4, 0.5) is 4.79 Å². The summed E-state index contributed by atoms with van der Waals surface area (Å²) in [5.41, 5.74) is 4.76. The van der Waals surface area contributed by atoms with Crippen LogP contribution in [-0.4, -0.2) is 42.9 Å². The minimum absolute atomic E-state index is 0.0247. The van der Waals surface area contributed by atoms with Crippen LogP contribution >= 0.6 is 0 Å². The maximum atomic E-state index is 13.2. The third-order valence-corrected chi connectivity index (χ3v) is 6.50. The zero-order chi connectivity index (χ0) is 31.5. The number of carbonyl (C=O) groups is 4. The molecule has 0 heterocycles. The van der Waals surface area contributed by atoms with Gasteiger partial charge < -0.3 is 29.4 Å². The number of ether oxygens (including phenoxy) is 5. The second-order valence-electron chi connectivity index (χ2n) is 12.1. The predicted octanol–water partition coefficient (Wildman–Crippen LogP) is 6.06. The van der Waals surface area contributed by atoms with Gasteiger partial charge >= 0.3 is 24.1 Å². The van der Waals surface area contributed by atoms with E-state index >= 15 is 0 Å². The summed E-state index contributed by atoms with van der Waals surface area (Å²) in [4.78, 5) is 50.5. The zero-order valence-corrected chi connectivity index (χ0v) is 26.3. The van der Waals surface area contributed by atoms with Crippen molar-refractivity contribution in [2.45, 2.75) is 113 Å². The van der Waals surface area contributed by atoms with Crippen LogP contribution in [0.15, 0.2) is 18.2 Å². The number of rotatable bonds is 14. The summed E-state index contributed by atoms with van der Waals surface area (Å²) in [5.74, 6) is -2.48. The number of benzene rings is 1. The maximum Gasteiger partial charge on any atom is 0.508 e. The smallest absolute Gasteiger partial charge is 0.457 e. The fourth-order valence-corrected chi connectivity index (χ4v) is 3.58. The highest BCUT2D eigenvalue weighted by atomic mass is 16.7. The molecule has 0 aliphatic carbocycles. The summed E-state index contributed by atoms with van der Waals surface area (Å²) < 4.78 is 27.1. The molecule has 0 fully saturated rings. The van der Waals surface area contributed by atoms with Crippen molar-refractivity contribution in [3.63, 3.8) is 0 Å². The highest BCUT2D eigenvalue weighted by Gasteiger charge is 2.36. The van der Waals surface area contributed by atoms with Gasteiger partial charge in [0.1, 0.15) is 17.7 Å². The molecule has 10 heteroatoms. The lowest BCUT2D eigenvalue weighted by atomic mass is 9.92. The van der Waals surface area contributed by atoms with Gasteiger partial charge in [-0.25, -0.2) is 9.59 Å². The first-order valence-electron chi connectivity index (χ1n) is 14.3. The summed E-state index contributed by atoms with van der Waals surface area (Å²) in [6.45, 7) is 17.9. The molecule has 2 N–H and O–H groups in total. The molecule has 41 heavy (non-hydrogen) atoms. The number of nitrogens with two attached hydrogens (primary N) is 1. The van der Waals surface area contributed by atoms with Crippen molar-refractivity contribution >= 4 is 24.1 Å². The molecule has 1 rings (SSSR count).